The molecule has 0 fully saturated rings. The lowest BCUT2D eigenvalue weighted by Crippen LogP contribution is -2.49. The highest BCUT2D eigenvalue weighted by Gasteiger charge is 2.35. The van der Waals surface area contributed by atoms with Crippen LogP contribution in [0.2, 0.25) is 0 Å². The highest BCUT2D eigenvalue weighted by molar-refractivity contribution is 6.47. The van der Waals surface area contributed by atoms with Crippen LogP contribution in [0.25, 0.3) is 32.7 Å². The van der Waals surface area contributed by atoms with Gasteiger partial charge in [0.25, 0.3) is 0 Å². The van der Waals surface area contributed by atoms with E-state index in [0.29, 0.717) is 21.5 Å². The Morgan fingerprint density at radius 2 is 1.50 bits per heavy atom. The largest absolute Gasteiger partial charge is 0.508 e. The van der Waals surface area contributed by atoms with Gasteiger partial charge < -0.3 is 25.1 Å². The van der Waals surface area contributed by atoms with Crippen molar-refractivity contribution in [3.63, 3.8) is 0 Å². The van der Waals surface area contributed by atoms with E-state index in [9.17, 15) is 20.4 Å². The van der Waals surface area contributed by atoms with E-state index in [1.807, 2.05) is 50.2 Å². The third-order valence-electron chi connectivity index (χ3n) is 6.17. The zero-order chi connectivity index (χ0) is 23.3. The molecule has 4 aromatic carbocycles. The van der Waals surface area contributed by atoms with Crippen LogP contribution in [0.3, 0.4) is 0 Å². The van der Waals surface area contributed by atoms with E-state index in [2.05, 4.69) is 0 Å². The fourth-order valence-corrected chi connectivity index (χ4v) is 3.67. The molecule has 0 aromatic heterocycles. The fourth-order valence-electron chi connectivity index (χ4n) is 3.67. The van der Waals surface area contributed by atoms with E-state index in [-0.39, 0.29) is 17.2 Å². The van der Waals surface area contributed by atoms with Crippen LogP contribution in [0, 0.1) is 0 Å². The van der Waals surface area contributed by atoms with Crippen LogP contribution in [0.1, 0.15) is 27.7 Å². The van der Waals surface area contributed by atoms with Gasteiger partial charge in [-0.3, -0.25) is 0 Å². The normalized spacial score (nSPS) is 12.4. The van der Waals surface area contributed by atoms with E-state index in [4.69, 9.17) is 4.65 Å². The summed E-state index contributed by atoms with van der Waals surface area (Å²) in [6.45, 7) is 7.04. The molecule has 32 heavy (non-hydrogen) atoms. The molecule has 0 aliphatic heterocycles. The van der Waals surface area contributed by atoms with Crippen molar-refractivity contribution in [1.82, 2.24) is 0 Å². The van der Waals surface area contributed by atoms with Gasteiger partial charge in [0, 0.05) is 16.8 Å². The van der Waals surface area contributed by atoms with Crippen LogP contribution in [0.4, 0.5) is 0 Å². The number of fused-ring (bicyclic) bond motifs is 3. The maximum atomic E-state index is 10.7. The molecule has 0 bridgehead atoms. The zero-order valence-electron chi connectivity index (χ0n) is 18.5. The van der Waals surface area contributed by atoms with Crippen molar-refractivity contribution < 1.29 is 25.1 Å². The molecule has 4 N–H and O–H groups in total. The van der Waals surface area contributed by atoms with E-state index < -0.39 is 11.2 Å². The van der Waals surface area contributed by atoms with Crippen molar-refractivity contribution in [3.05, 3.63) is 60.7 Å². The van der Waals surface area contributed by atoms with Crippen LogP contribution in [0.15, 0.2) is 60.7 Å². The number of phenolic OH excluding ortho intramolecular Hbond substituents is 3. The van der Waals surface area contributed by atoms with Gasteiger partial charge in [-0.25, -0.2) is 0 Å². The highest BCUT2D eigenvalue weighted by atomic mass is 16.5. The quantitative estimate of drug-likeness (QED) is 0.275. The minimum absolute atomic E-state index is 0.0372. The Kier molecular flexibility index (Phi) is 5.31. The number of phenols is 3. The Bertz CT molecular complexity index is 1320. The average Bonchev–Trinajstić information content (AvgIpc) is 2.70. The molecule has 0 aliphatic rings. The van der Waals surface area contributed by atoms with E-state index in [0.717, 1.165) is 16.6 Å². The predicted octanol–water partition coefficient (Wildman–Crippen LogP) is 4.59. The van der Waals surface area contributed by atoms with E-state index in [1.54, 1.807) is 39.5 Å². The van der Waals surface area contributed by atoms with Crippen molar-refractivity contribution in [1.29, 1.82) is 0 Å². The molecule has 0 saturated heterocycles. The molecule has 4 aromatic rings. The molecular weight excluding hydrogens is 403 g/mol. The second-order valence-electron chi connectivity index (χ2n) is 9.12. The molecule has 0 atom stereocenters. The number of hydrogen-bond donors (Lipinski definition) is 4. The molecule has 0 amide bonds. The summed E-state index contributed by atoms with van der Waals surface area (Å²) in [5.41, 5.74) is 0.548. The van der Waals surface area contributed by atoms with Crippen LogP contribution in [0.5, 0.6) is 17.2 Å². The summed E-state index contributed by atoms with van der Waals surface area (Å²) in [5.74, 6) is 0.0111. The topological polar surface area (TPSA) is 90.2 Å². The zero-order valence-corrected chi connectivity index (χ0v) is 18.5. The molecule has 6 heteroatoms. The molecule has 163 valence electrons. The second kappa shape index (κ2) is 7.73. The molecule has 0 heterocycles. The van der Waals surface area contributed by atoms with Crippen LogP contribution in [-0.2, 0) is 4.65 Å². The summed E-state index contributed by atoms with van der Waals surface area (Å²) >= 11 is 0. The first-order valence-corrected chi connectivity index (χ1v) is 10.4. The Hall–Kier alpha value is -3.22. The molecule has 0 aliphatic carbocycles. The Balaban J connectivity index is 1.86. The predicted molar refractivity (Wildman–Crippen MR) is 129 cm³/mol. The molecule has 1 radical (unpaired) electrons. The van der Waals surface area contributed by atoms with Gasteiger partial charge >= 0.3 is 7.48 Å². The van der Waals surface area contributed by atoms with Crippen LogP contribution in [-0.4, -0.2) is 39.1 Å². The van der Waals surface area contributed by atoms with Gasteiger partial charge in [-0.1, -0.05) is 41.9 Å². The van der Waals surface area contributed by atoms with Crippen molar-refractivity contribution >= 4 is 34.5 Å². The molecule has 0 unspecified atom stereocenters. The van der Waals surface area contributed by atoms with Crippen molar-refractivity contribution in [2.75, 3.05) is 0 Å². The first-order chi connectivity index (χ1) is 15.0. The van der Waals surface area contributed by atoms with Crippen molar-refractivity contribution in [3.8, 4) is 28.4 Å². The van der Waals surface area contributed by atoms with E-state index in [1.165, 1.54) is 6.07 Å². The summed E-state index contributed by atoms with van der Waals surface area (Å²) in [6.07, 6.45) is 0. The summed E-state index contributed by atoms with van der Waals surface area (Å²) in [5, 5.41) is 44.0. The van der Waals surface area contributed by atoms with Crippen molar-refractivity contribution in [2.45, 2.75) is 38.9 Å². The Labute approximate surface area is 187 Å². The Morgan fingerprint density at radius 1 is 0.781 bits per heavy atom. The van der Waals surface area contributed by atoms with Crippen molar-refractivity contribution in [2.24, 2.45) is 0 Å². The highest BCUT2D eigenvalue weighted by Crippen LogP contribution is 2.43. The molecular formula is C26H26BO5. The molecule has 0 spiro atoms. The van der Waals surface area contributed by atoms with Gasteiger partial charge in [0.15, 0.2) is 0 Å². The summed E-state index contributed by atoms with van der Waals surface area (Å²) < 4.78 is 5.89. The van der Waals surface area contributed by atoms with Gasteiger partial charge in [0.1, 0.15) is 17.2 Å². The van der Waals surface area contributed by atoms with Crippen LogP contribution >= 0.6 is 0 Å². The molecule has 5 nitrogen and oxygen atoms in total. The third kappa shape index (κ3) is 3.88. The monoisotopic (exact) mass is 429 g/mol. The summed E-state index contributed by atoms with van der Waals surface area (Å²) in [4.78, 5) is 0. The Morgan fingerprint density at radius 3 is 2.22 bits per heavy atom. The SMILES string of the molecule is CC(C)(O)C(C)(C)O[B]c1cccc(-c2cc3cc(O)cc(O)c3c3cccc(O)c23)c1. The fraction of sp³-hybridized carbons (Fsp3) is 0.231. The van der Waals surface area contributed by atoms with Crippen LogP contribution < -0.4 is 5.46 Å². The standard InChI is InChI=1S/C26H26BO5/c1-25(2,31)26(3,4)32-27-17-8-5-7-15(11-17)20-13-16-12-18(28)14-22(30)23(16)19-9-6-10-21(29)24(19)20/h5-14,28-31H,1-4H3. The molecule has 4 rings (SSSR count). The van der Waals surface area contributed by atoms with E-state index >= 15 is 0 Å². The summed E-state index contributed by atoms with van der Waals surface area (Å²) in [6, 6.07) is 17.5. The number of aromatic hydroxyl groups is 3. The maximum Gasteiger partial charge on any atom is 0.330 e. The number of benzene rings is 4. The van der Waals surface area contributed by atoms with Gasteiger partial charge in [0.05, 0.1) is 11.2 Å². The summed E-state index contributed by atoms with van der Waals surface area (Å²) in [7, 11) is 1.61. The third-order valence-corrected chi connectivity index (χ3v) is 6.17. The number of hydrogen-bond acceptors (Lipinski definition) is 5. The lowest BCUT2D eigenvalue weighted by atomic mass is 9.81. The number of rotatable bonds is 5. The smallest absolute Gasteiger partial charge is 0.330 e. The van der Waals surface area contributed by atoms with Gasteiger partial charge in [-0.15, -0.1) is 0 Å². The average molecular weight is 429 g/mol. The second-order valence-corrected chi connectivity index (χ2v) is 9.12. The minimum Gasteiger partial charge on any atom is -0.508 e. The maximum absolute atomic E-state index is 10.7. The first-order valence-electron chi connectivity index (χ1n) is 10.4. The number of aliphatic hydroxyl groups is 1. The lowest BCUT2D eigenvalue weighted by molar-refractivity contribution is -0.0893. The van der Waals surface area contributed by atoms with Gasteiger partial charge in [-0.05, 0) is 67.8 Å². The first kappa shape index (κ1) is 22.0. The molecule has 0 saturated carbocycles. The van der Waals surface area contributed by atoms with Gasteiger partial charge in [0.2, 0.25) is 0 Å². The minimum atomic E-state index is -1.04. The van der Waals surface area contributed by atoms with Gasteiger partial charge in [-0.2, -0.15) is 0 Å². The lowest BCUT2D eigenvalue weighted by Gasteiger charge is -2.37.